The van der Waals surface area contributed by atoms with Crippen LogP contribution in [0.15, 0.2) is 46.9 Å². The SMILES string of the molecule is O=C(Nc1ccc2nc(-c3ccccc3Cl)oc2c1)C(Cl)(Cl)Cl. The zero-order valence-electron chi connectivity index (χ0n) is 11.3. The van der Waals surface area contributed by atoms with Crippen LogP contribution in [0.2, 0.25) is 5.02 Å². The number of anilines is 1. The lowest BCUT2D eigenvalue weighted by Gasteiger charge is -2.10. The van der Waals surface area contributed by atoms with Gasteiger partial charge in [-0.25, -0.2) is 4.98 Å². The quantitative estimate of drug-likeness (QED) is 0.592. The van der Waals surface area contributed by atoms with Gasteiger partial charge in [-0.3, -0.25) is 4.79 Å². The number of rotatable bonds is 2. The van der Waals surface area contributed by atoms with E-state index in [4.69, 9.17) is 50.8 Å². The van der Waals surface area contributed by atoms with E-state index >= 15 is 0 Å². The van der Waals surface area contributed by atoms with Crippen LogP contribution in [-0.4, -0.2) is 14.7 Å². The number of benzene rings is 2. The van der Waals surface area contributed by atoms with Gasteiger partial charge >= 0.3 is 0 Å². The van der Waals surface area contributed by atoms with Gasteiger partial charge in [0.25, 0.3) is 9.70 Å². The molecular formula is C15H8Cl4N2O2. The molecule has 1 aromatic heterocycles. The summed E-state index contributed by atoms with van der Waals surface area (Å²) in [7, 11) is 0. The van der Waals surface area contributed by atoms with E-state index in [-0.39, 0.29) is 0 Å². The highest BCUT2D eigenvalue weighted by Gasteiger charge is 2.30. The van der Waals surface area contributed by atoms with E-state index in [0.717, 1.165) is 0 Å². The Kier molecular flexibility index (Phi) is 4.43. The van der Waals surface area contributed by atoms with Crippen molar-refractivity contribution in [2.45, 2.75) is 3.79 Å². The van der Waals surface area contributed by atoms with Gasteiger partial charge in [0.1, 0.15) is 5.52 Å². The molecule has 1 heterocycles. The van der Waals surface area contributed by atoms with Crippen LogP contribution in [-0.2, 0) is 4.79 Å². The molecule has 4 nitrogen and oxygen atoms in total. The number of amides is 1. The highest BCUT2D eigenvalue weighted by Crippen LogP contribution is 2.32. The van der Waals surface area contributed by atoms with E-state index in [1.54, 1.807) is 30.3 Å². The molecule has 118 valence electrons. The smallest absolute Gasteiger partial charge is 0.276 e. The molecule has 3 rings (SSSR count). The summed E-state index contributed by atoms with van der Waals surface area (Å²) in [6.45, 7) is 0. The van der Waals surface area contributed by atoms with Crippen molar-refractivity contribution >= 4 is 69.1 Å². The molecule has 0 aliphatic rings. The molecule has 23 heavy (non-hydrogen) atoms. The molecule has 0 spiro atoms. The Balaban J connectivity index is 1.96. The van der Waals surface area contributed by atoms with Crippen LogP contribution in [0.3, 0.4) is 0 Å². The molecule has 0 aliphatic heterocycles. The number of hydrogen-bond acceptors (Lipinski definition) is 3. The second kappa shape index (κ2) is 6.21. The predicted molar refractivity (Wildman–Crippen MR) is 93.4 cm³/mol. The fraction of sp³-hybridized carbons (Fsp3) is 0.0667. The average molecular weight is 390 g/mol. The summed E-state index contributed by atoms with van der Waals surface area (Å²) in [6, 6.07) is 12.1. The highest BCUT2D eigenvalue weighted by molar-refractivity contribution is 6.76. The Labute approximate surface area is 151 Å². The third-order valence-corrected chi connectivity index (χ3v) is 3.85. The van der Waals surface area contributed by atoms with Gasteiger partial charge in [-0.05, 0) is 24.3 Å². The van der Waals surface area contributed by atoms with Gasteiger partial charge in [-0.15, -0.1) is 0 Å². The van der Waals surface area contributed by atoms with Crippen LogP contribution in [0.25, 0.3) is 22.6 Å². The minimum Gasteiger partial charge on any atom is -0.436 e. The summed E-state index contributed by atoms with van der Waals surface area (Å²) in [6.07, 6.45) is 0. The molecule has 0 atom stereocenters. The van der Waals surface area contributed by atoms with Crippen LogP contribution in [0, 0.1) is 0 Å². The Morgan fingerprint density at radius 3 is 2.57 bits per heavy atom. The van der Waals surface area contributed by atoms with Gasteiger partial charge in [-0.2, -0.15) is 0 Å². The molecule has 1 N–H and O–H groups in total. The number of alkyl halides is 3. The summed E-state index contributed by atoms with van der Waals surface area (Å²) in [5, 5.41) is 3.02. The zero-order valence-corrected chi connectivity index (χ0v) is 14.3. The normalized spacial score (nSPS) is 11.7. The van der Waals surface area contributed by atoms with Crippen molar-refractivity contribution in [3.63, 3.8) is 0 Å². The van der Waals surface area contributed by atoms with Crippen LogP contribution in [0.4, 0.5) is 5.69 Å². The third kappa shape index (κ3) is 3.56. The standard InChI is InChI=1S/C15H8Cl4N2O2/c16-10-4-2-1-3-9(10)13-21-11-6-5-8(7-12(11)23-13)20-14(22)15(17,18)19/h1-7H,(H,20,22). The maximum absolute atomic E-state index is 11.7. The molecule has 0 aliphatic carbocycles. The van der Waals surface area contributed by atoms with Crippen LogP contribution in [0.1, 0.15) is 0 Å². The van der Waals surface area contributed by atoms with E-state index < -0.39 is 9.70 Å². The third-order valence-electron chi connectivity index (χ3n) is 3.01. The van der Waals surface area contributed by atoms with Crippen molar-refractivity contribution in [1.29, 1.82) is 0 Å². The number of fused-ring (bicyclic) bond motifs is 1. The number of carbonyl (C=O) groups is 1. The molecule has 0 radical (unpaired) electrons. The van der Waals surface area contributed by atoms with Crippen molar-refractivity contribution in [3.8, 4) is 11.5 Å². The predicted octanol–water partition coefficient (Wildman–Crippen LogP) is 5.46. The Hall–Kier alpha value is -1.46. The Morgan fingerprint density at radius 1 is 1.13 bits per heavy atom. The molecule has 0 unspecified atom stereocenters. The van der Waals surface area contributed by atoms with Crippen molar-refractivity contribution < 1.29 is 9.21 Å². The Bertz CT molecular complexity index is 887. The number of hydrogen-bond donors (Lipinski definition) is 1. The first-order chi connectivity index (χ1) is 10.8. The van der Waals surface area contributed by atoms with Crippen molar-refractivity contribution in [1.82, 2.24) is 4.98 Å². The summed E-state index contributed by atoms with van der Waals surface area (Å²) in [5.41, 5.74) is 2.20. The molecule has 8 heteroatoms. The van der Waals surface area contributed by atoms with Gasteiger partial charge in [-0.1, -0.05) is 58.5 Å². The maximum atomic E-state index is 11.7. The van der Waals surface area contributed by atoms with Crippen molar-refractivity contribution in [2.75, 3.05) is 5.32 Å². The zero-order chi connectivity index (χ0) is 16.6. The number of oxazole rings is 1. The van der Waals surface area contributed by atoms with Gasteiger partial charge < -0.3 is 9.73 Å². The minimum atomic E-state index is -2.04. The van der Waals surface area contributed by atoms with E-state index in [2.05, 4.69) is 10.3 Å². The van der Waals surface area contributed by atoms with E-state index in [9.17, 15) is 4.79 Å². The highest BCUT2D eigenvalue weighted by atomic mass is 35.6. The summed E-state index contributed by atoms with van der Waals surface area (Å²) >= 11 is 22.7. The molecule has 0 saturated carbocycles. The molecule has 0 bridgehead atoms. The average Bonchev–Trinajstić information content (AvgIpc) is 2.89. The van der Waals surface area contributed by atoms with Crippen molar-refractivity contribution in [3.05, 3.63) is 47.5 Å². The molecule has 0 fully saturated rings. The van der Waals surface area contributed by atoms with E-state index in [0.29, 0.717) is 33.3 Å². The fourth-order valence-electron chi connectivity index (χ4n) is 1.95. The fourth-order valence-corrected chi connectivity index (χ4v) is 2.31. The number of nitrogens with zero attached hydrogens (tertiary/aromatic N) is 1. The molecule has 2 aromatic carbocycles. The Morgan fingerprint density at radius 2 is 1.87 bits per heavy atom. The van der Waals surface area contributed by atoms with Gasteiger partial charge in [0, 0.05) is 11.8 Å². The molecular weight excluding hydrogens is 382 g/mol. The first kappa shape index (κ1) is 16.4. The summed E-state index contributed by atoms with van der Waals surface area (Å²) in [5.74, 6) is -0.372. The topological polar surface area (TPSA) is 55.1 Å². The lowest BCUT2D eigenvalue weighted by Crippen LogP contribution is -2.26. The molecule has 0 saturated heterocycles. The number of nitrogens with one attached hydrogen (secondary N) is 1. The monoisotopic (exact) mass is 388 g/mol. The van der Waals surface area contributed by atoms with E-state index in [1.165, 1.54) is 0 Å². The molecule has 3 aromatic rings. The lowest BCUT2D eigenvalue weighted by molar-refractivity contribution is -0.115. The van der Waals surface area contributed by atoms with Crippen molar-refractivity contribution in [2.24, 2.45) is 0 Å². The number of halogens is 4. The largest absolute Gasteiger partial charge is 0.436 e. The summed E-state index contributed by atoms with van der Waals surface area (Å²) in [4.78, 5) is 16.0. The minimum absolute atomic E-state index is 0.385. The van der Waals surface area contributed by atoms with Gasteiger partial charge in [0.05, 0.1) is 10.6 Å². The lowest BCUT2D eigenvalue weighted by atomic mass is 10.2. The van der Waals surface area contributed by atoms with Crippen LogP contribution in [0.5, 0.6) is 0 Å². The second-order valence-corrected chi connectivity index (χ2v) is 7.32. The van der Waals surface area contributed by atoms with Gasteiger partial charge in [0.2, 0.25) is 5.89 Å². The first-order valence-corrected chi connectivity index (χ1v) is 7.89. The second-order valence-electron chi connectivity index (χ2n) is 4.63. The first-order valence-electron chi connectivity index (χ1n) is 6.38. The molecule has 1 amide bonds. The van der Waals surface area contributed by atoms with Crippen LogP contribution < -0.4 is 5.32 Å². The maximum Gasteiger partial charge on any atom is 0.276 e. The number of aromatic nitrogens is 1. The summed E-state index contributed by atoms with van der Waals surface area (Å²) < 4.78 is 3.65. The number of carbonyl (C=O) groups excluding carboxylic acids is 1. The van der Waals surface area contributed by atoms with E-state index in [1.807, 2.05) is 12.1 Å². The van der Waals surface area contributed by atoms with Gasteiger partial charge in [0.15, 0.2) is 5.58 Å². The van der Waals surface area contributed by atoms with Crippen LogP contribution >= 0.6 is 46.4 Å².